The van der Waals surface area contributed by atoms with Gasteiger partial charge >= 0.3 is 0 Å². The summed E-state index contributed by atoms with van der Waals surface area (Å²) in [6, 6.07) is 6.11. The van der Waals surface area contributed by atoms with E-state index >= 15 is 0 Å². The van der Waals surface area contributed by atoms with Crippen LogP contribution in [0, 0.1) is 5.92 Å². The molecule has 0 aromatic heterocycles. The molecule has 0 spiro atoms. The van der Waals surface area contributed by atoms with E-state index in [0.29, 0.717) is 11.8 Å². The topological polar surface area (TPSA) is 29.5 Å². The first-order valence-electron chi connectivity index (χ1n) is 6.99. The standard InChI is InChI=1S/C16H24O2/c1-11(2)14-10-13(8-9-15(14)18-3)16(17)12-6-4-5-7-12/h8-12,16-17H,4-7H2,1-3H3. The fraction of sp³-hybridized carbons (Fsp3) is 0.625. The van der Waals surface area contributed by atoms with Crippen LogP contribution in [0.25, 0.3) is 0 Å². The summed E-state index contributed by atoms with van der Waals surface area (Å²) >= 11 is 0. The minimum absolute atomic E-state index is 0.309. The number of rotatable bonds is 4. The second kappa shape index (κ2) is 5.75. The summed E-state index contributed by atoms with van der Waals surface area (Å²) in [5.74, 6) is 1.78. The zero-order valence-electron chi connectivity index (χ0n) is 11.6. The van der Waals surface area contributed by atoms with Gasteiger partial charge in [0, 0.05) is 0 Å². The minimum Gasteiger partial charge on any atom is -0.496 e. The van der Waals surface area contributed by atoms with Crippen LogP contribution in [-0.2, 0) is 0 Å². The molecule has 2 rings (SSSR count). The number of hydrogen-bond donors (Lipinski definition) is 1. The lowest BCUT2D eigenvalue weighted by Crippen LogP contribution is -2.09. The van der Waals surface area contributed by atoms with E-state index in [1.807, 2.05) is 12.1 Å². The molecule has 1 unspecified atom stereocenters. The highest BCUT2D eigenvalue weighted by molar-refractivity contribution is 5.40. The normalized spacial score (nSPS) is 18.3. The molecule has 18 heavy (non-hydrogen) atoms. The van der Waals surface area contributed by atoms with Gasteiger partial charge in [0.15, 0.2) is 0 Å². The maximum atomic E-state index is 10.4. The van der Waals surface area contributed by atoms with Crippen molar-refractivity contribution in [1.82, 2.24) is 0 Å². The van der Waals surface area contributed by atoms with Crippen molar-refractivity contribution in [3.8, 4) is 5.75 Å². The Hall–Kier alpha value is -1.02. The molecule has 2 nitrogen and oxygen atoms in total. The molecule has 1 aliphatic carbocycles. The van der Waals surface area contributed by atoms with Crippen LogP contribution in [0.15, 0.2) is 18.2 Å². The Morgan fingerprint density at radius 3 is 2.44 bits per heavy atom. The average molecular weight is 248 g/mol. The molecule has 0 saturated heterocycles. The first-order valence-corrected chi connectivity index (χ1v) is 6.99. The third-order valence-electron chi connectivity index (χ3n) is 4.06. The van der Waals surface area contributed by atoms with Crippen LogP contribution in [0.1, 0.15) is 62.7 Å². The molecule has 1 aliphatic rings. The highest BCUT2D eigenvalue weighted by atomic mass is 16.5. The van der Waals surface area contributed by atoms with E-state index in [1.54, 1.807) is 7.11 Å². The molecular formula is C16H24O2. The third kappa shape index (κ3) is 2.69. The maximum Gasteiger partial charge on any atom is 0.122 e. The fourth-order valence-electron chi connectivity index (χ4n) is 2.93. The molecule has 1 N–H and O–H groups in total. The lowest BCUT2D eigenvalue weighted by molar-refractivity contribution is 0.111. The van der Waals surface area contributed by atoms with E-state index in [4.69, 9.17) is 4.74 Å². The average Bonchev–Trinajstić information content (AvgIpc) is 2.90. The lowest BCUT2D eigenvalue weighted by Gasteiger charge is -2.20. The Labute approximate surface area is 110 Å². The van der Waals surface area contributed by atoms with E-state index < -0.39 is 0 Å². The van der Waals surface area contributed by atoms with E-state index in [0.717, 1.165) is 24.2 Å². The monoisotopic (exact) mass is 248 g/mol. The molecule has 1 saturated carbocycles. The van der Waals surface area contributed by atoms with Gasteiger partial charge in [0.05, 0.1) is 13.2 Å². The Morgan fingerprint density at radius 1 is 1.22 bits per heavy atom. The van der Waals surface area contributed by atoms with E-state index in [9.17, 15) is 5.11 Å². The summed E-state index contributed by atoms with van der Waals surface area (Å²) in [5.41, 5.74) is 2.23. The van der Waals surface area contributed by atoms with Gasteiger partial charge in [-0.05, 0) is 47.9 Å². The third-order valence-corrected chi connectivity index (χ3v) is 4.06. The molecule has 1 aromatic carbocycles. The number of methoxy groups -OCH3 is 1. The van der Waals surface area contributed by atoms with Gasteiger partial charge in [0.2, 0.25) is 0 Å². The lowest BCUT2D eigenvalue weighted by atomic mass is 9.91. The molecule has 0 radical (unpaired) electrons. The van der Waals surface area contributed by atoms with E-state index in [1.165, 1.54) is 18.4 Å². The van der Waals surface area contributed by atoms with Crippen LogP contribution in [0.3, 0.4) is 0 Å². The van der Waals surface area contributed by atoms with Crippen LogP contribution in [0.4, 0.5) is 0 Å². The van der Waals surface area contributed by atoms with E-state index in [-0.39, 0.29) is 6.10 Å². The van der Waals surface area contributed by atoms with Gasteiger partial charge in [-0.1, -0.05) is 32.8 Å². The van der Waals surface area contributed by atoms with Crippen molar-refractivity contribution in [1.29, 1.82) is 0 Å². The maximum absolute atomic E-state index is 10.4. The van der Waals surface area contributed by atoms with Crippen molar-refractivity contribution in [3.05, 3.63) is 29.3 Å². The van der Waals surface area contributed by atoms with Crippen LogP contribution in [0.5, 0.6) is 5.75 Å². The Kier molecular flexibility index (Phi) is 4.28. The van der Waals surface area contributed by atoms with E-state index in [2.05, 4.69) is 19.9 Å². The number of hydrogen-bond acceptors (Lipinski definition) is 2. The van der Waals surface area contributed by atoms with Crippen LogP contribution < -0.4 is 4.74 Å². The first-order chi connectivity index (χ1) is 8.63. The van der Waals surface area contributed by atoms with Crippen molar-refractivity contribution in [2.75, 3.05) is 7.11 Å². The first kappa shape index (κ1) is 13.4. The van der Waals surface area contributed by atoms with Gasteiger partial charge in [-0.3, -0.25) is 0 Å². The number of benzene rings is 1. The second-order valence-corrected chi connectivity index (χ2v) is 5.65. The minimum atomic E-state index is -0.309. The van der Waals surface area contributed by atoms with Gasteiger partial charge < -0.3 is 9.84 Å². The Balaban J connectivity index is 2.25. The summed E-state index contributed by atoms with van der Waals surface area (Å²) in [4.78, 5) is 0. The van der Waals surface area contributed by atoms with Crippen molar-refractivity contribution in [2.24, 2.45) is 5.92 Å². The largest absolute Gasteiger partial charge is 0.496 e. The smallest absolute Gasteiger partial charge is 0.122 e. The Bertz CT molecular complexity index is 392. The highest BCUT2D eigenvalue weighted by Gasteiger charge is 2.25. The quantitative estimate of drug-likeness (QED) is 0.871. The molecule has 0 heterocycles. The predicted molar refractivity (Wildman–Crippen MR) is 74.0 cm³/mol. The molecule has 1 fully saturated rings. The van der Waals surface area contributed by atoms with Crippen molar-refractivity contribution >= 4 is 0 Å². The van der Waals surface area contributed by atoms with Gasteiger partial charge in [-0.15, -0.1) is 0 Å². The van der Waals surface area contributed by atoms with Crippen LogP contribution in [0.2, 0.25) is 0 Å². The molecule has 0 amide bonds. The fourth-order valence-corrected chi connectivity index (χ4v) is 2.93. The molecule has 1 aromatic rings. The van der Waals surface area contributed by atoms with Crippen LogP contribution >= 0.6 is 0 Å². The molecular weight excluding hydrogens is 224 g/mol. The molecule has 2 heteroatoms. The van der Waals surface area contributed by atoms with Crippen molar-refractivity contribution in [2.45, 2.75) is 51.6 Å². The second-order valence-electron chi connectivity index (χ2n) is 5.65. The summed E-state index contributed by atoms with van der Waals surface area (Å²) < 4.78 is 5.39. The van der Waals surface area contributed by atoms with Gasteiger partial charge in [0.1, 0.15) is 5.75 Å². The van der Waals surface area contributed by atoms with Gasteiger partial charge in [0.25, 0.3) is 0 Å². The van der Waals surface area contributed by atoms with Gasteiger partial charge in [-0.25, -0.2) is 0 Å². The zero-order valence-corrected chi connectivity index (χ0v) is 11.6. The van der Waals surface area contributed by atoms with Gasteiger partial charge in [-0.2, -0.15) is 0 Å². The Morgan fingerprint density at radius 2 is 1.89 bits per heavy atom. The zero-order chi connectivity index (χ0) is 13.1. The molecule has 0 aliphatic heterocycles. The predicted octanol–water partition coefficient (Wildman–Crippen LogP) is 4.04. The number of aliphatic hydroxyl groups excluding tert-OH is 1. The van der Waals surface area contributed by atoms with Crippen molar-refractivity contribution in [3.63, 3.8) is 0 Å². The summed E-state index contributed by atoms with van der Waals surface area (Å²) in [6.07, 6.45) is 4.52. The molecule has 100 valence electrons. The van der Waals surface area contributed by atoms with Crippen LogP contribution in [-0.4, -0.2) is 12.2 Å². The summed E-state index contributed by atoms with van der Waals surface area (Å²) in [5, 5.41) is 10.4. The molecule has 1 atom stereocenters. The summed E-state index contributed by atoms with van der Waals surface area (Å²) in [6.45, 7) is 4.31. The SMILES string of the molecule is COc1ccc(C(O)C2CCCC2)cc1C(C)C. The highest BCUT2D eigenvalue weighted by Crippen LogP contribution is 2.37. The summed E-state index contributed by atoms with van der Waals surface area (Å²) in [7, 11) is 1.70. The molecule has 0 bridgehead atoms. The van der Waals surface area contributed by atoms with Crippen molar-refractivity contribution < 1.29 is 9.84 Å². The number of ether oxygens (including phenoxy) is 1. The number of aliphatic hydroxyl groups is 1.